The molecule has 6 heteroatoms. The molecule has 0 bridgehead atoms. The molecule has 1 aliphatic rings. The van der Waals surface area contributed by atoms with E-state index in [2.05, 4.69) is 5.10 Å². The number of aliphatic carboxylic acids is 1. The Balaban J connectivity index is 2.29. The van der Waals surface area contributed by atoms with Gasteiger partial charge in [0.25, 0.3) is 5.91 Å². The SMILES string of the molecule is CCc1c(C(=O)N2CC[C@@](C)(C(=O)O)C2)cnn1C(C)(C)C. The van der Waals surface area contributed by atoms with Crippen molar-refractivity contribution in [1.82, 2.24) is 14.7 Å². The summed E-state index contributed by atoms with van der Waals surface area (Å²) in [4.78, 5) is 25.7. The maximum atomic E-state index is 12.8. The first kappa shape index (κ1) is 16.5. The van der Waals surface area contributed by atoms with Crippen molar-refractivity contribution in [2.24, 2.45) is 5.41 Å². The summed E-state index contributed by atoms with van der Waals surface area (Å²) in [7, 11) is 0. The highest BCUT2D eigenvalue weighted by atomic mass is 16.4. The van der Waals surface area contributed by atoms with Gasteiger partial charge in [-0.1, -0.05) is 6.92 Å². The first-order valence-electron chi connectivity index (χ1n) is 7.70. The molecule has 1 fully saturated rings. The number of likely N-dealkylation sites (tertiary alicyclic amines) is 1. The summed E-state index contributed by atoms with van der Waals surface area (Å²) in [6.07, 6.45) is 2.81. The van der Waals surface area contributed by atoms with Gasteiger partial charge in [-0.25, -0.2) is 0 Å². The Morgan fingerprint density at radius 1 is 1.41 bits per heavy atom. The zero-order valence-electron chi connectivity index (χ0n) is 14.0. The Hall–Kier alpha value is -1.85. The number of hydrogen-bond donors (Lipinski definition) is 1. The summed E-state index contributed by atoms with van der Waals surface area (Å²) in [5.74, 6) is -0.957. The van der Waals surface area contributed by atoms with Crippen LogP contribution in [0, 0.1) is 5.41 Å². The molecule has 0 aromatic carbocycles. The average molecular weight is 307 g/mol. The maximum Gasteiger partial charge on any atom is 0.311 e. The first-order chi connectivity index (χ1) is 10.1. The monoisotopic (exact) mass is 307 g/mol. The number of carboxylic acid groups (broad SMARTS) is 1. The van der Waals surface area contributed by atoms with Crippen LogP contribution in [-0.2, 0) is 16.8 Å². The molecule has 2 heterocycles. The van der Waals surface area contributed by atoms with E-state index < -0.39 is 11.4 Å². The predicted molar refractivity (Wildman–Crippen MR) is 82.9 cm³/mol. The van der Waals surface area contributed by atoms with E-state index in [1.54, 1.807) is 18.0 Å². The summed E-state index contributed by atoms with van der Waals surface area (Å²) in [6, 6.07) is 0. The van der Waals surface area contributed by atoms with Crippen molar-refractivity contribution in [2.45, 2.75) is 53.0 Å². The molecule has 0 radical (unpaired) electrons. The first-order valence-corrected chi connectivity index (χ1v) is 7.70. The van der Waals surface area contributed by atoms with Crippen LogP contribution in [0.15, 0.2) is 6.20 Å². The molecule has 1 aromatic heterocycles. The molecule has 1 atom stereocenters. The third kappa shape index (κ3) is 2.74. The van der Waals surface area contributed by atoms with Gasteiger partial charge < -0.3 is 10.0 Å². The van der Waals surface area contributed by atoms with E-state index in [4.69, 9.17) is 0 Å². The molecule has 1 N–H and O–H groups in total. The fraction of sp³-hybridized carbons (Fsp3) is 0.688. The summed E-state index contributed by atoms with van der Waals surface area (Å²) < 4.78 is 1.88. The van der Waals surface area contributed by atoms with Crippen LogP contribution in [0.3, 0.4) is 0 Å². The molecule has 1 aromatic rings. The van der Waals surface area contributed by atoms with E-state index in [0.717, 1.165) is 5.69 Å². The third-order valence-corrected chi connectivity index (χ3v) is 4.35. The fourth-order valence-corrected chi connectivity index (χ4v) is 2.95. The second-order valence-electron chi connectivity index (χ2n) is 7.28. The van der Waals surface area contributed by atoms with E-state index in [1.165, 1.54) is 0 Å². The van der Waals surface area contributed by atoms with Gasteiger partial charge in [-0.15, -0.1) is 0 Å². The predicted octanol–water partition coefficient (Wildman–Crippen LogP) is 2.14. The number of aromatic nitrogens is 2. The van der Waals surface area contributed by atoms with Crippen LogP contribution in [-0.4, -0.2) is 44.8 Å². The van der Waals surface area contributed by atoms with Gasteiger partial charge in [-0.05, 0) is 40.5 Å². The Labute approximate surface area is 131 Å². The maximum absolute atomic E-state index is 12.8. The topological polar surface area (TPSA) is 75.4 Å². The lowest BCUT2D eigenvalue weighted by Crippen LogP contribution is -2.35. The molecule has 122 valence electrons. The van der Waals surface area contributed by atoms with Crippen LogP contribution < -0.4 is 0 Å². The number of carboxylic acids is 1. The minimum absolute atomic E-state index is 0.114. The Morgan fingerprint density at radius 3 is 2.50 bits per heavy atom. The number of carbonyl (C=O) groups is 2. The van der Waals surface area contributed by atoms with Gasteiger partial charge in [0.15, 0.2) is 0 Å². The van der Waals surface area contributed by atoms with E-state index >= 15 is 0 Å². The molecule has 1 aliphatic heterocycles. The van der Waals surface area contributed by atoms with Gasteiger partial charge >= 0.3 is 5.97 Å². The largest absolute Gasteiger partial charge is 0.481 e. The summed E-state index contributed by atoms with van der Waals surface area (Å²) in [5, 5.41) is 13.7. The molecule has 0 spiro atoms. The van der Waals surface area contributed by atoms with Crippen LogP contribution in [0.25, 0.3) is 0 Å². The van der Waals surface area contributed by atoms with Crippen molar-refractivity contribution in [3.63, 3.8) is 0 Å². The van der Waals surface area contributed by atoms with Crippen LogP contribution >= 0.6 is 0 Å². The standard InChI is InChI=1S/C16H25N3O3/c1-6-12-11(9-17-19(12)15(2,3)4)13(20)18-8-7-16(5,10-18)14(21)22/h9H,6-8,10H2,1-5H3,(H,21,22)/t16-/m1/s1. The van der Waals surface area contributed by atoms with Gasteiger partial charge in [-0.2, -0.15) is 5.10 Å². The van der Waals surface area contributed by atoms with Gasteiger partial charge in [0.05, 0.1) is 28.4 Å². The van der Waals surface area contributed by atoms with Crippen LogP contribution in [0.1, 0.15) is 57.1 Å². The highest BCUT2D eigenvalue weighted by Crippen LogP contribution is 2.31. The second kappa shape index (κ2) is 5.41. The molecule has 2 rings (SSSR count). The molecule has 0 saturated carbocycles. The zero-order valence-corrected chi connectivity index (χ0v) is 14.0. The van der Waals surface area contributed by atoms with E-state index in [9.17, 15) is 14.7 Å². The fourth-order valence-electron chi connectivity index (χ4n) is 2.95. The summed E-state index contributed by atoms with van der Waals surface area (Å²) in [6.45, 7) is 10.6. The van der Waals surface area contributed by atoms with E-state index in [0.29, 0.717) is 24.9 Å². The van der Waals surface area contributed by atoms with Crippen molar-refractivity contribution in [1.29, 1.82) is 0 Å². The number of rotatable bonds is 3. The van der Waals surface area contributed by atoms with Gasteiger partial charge in [0.1, 0.15) is 0 Å². The van der Waals surface area contributed by atoms with E-state index in [1.807, 2.05) is 32.4 Å². The third-order valence-electron chi connectivity index (χ3n) is 4.35. The normalized spacial score (nSPS) is 22.1. The smallest absolute Gasteiger partial charge is 0.311 e. The quantitative estimate of drug-likeness (QED) is 0.928. The van der Waals surface area contributed by atoms with Crippen molar-refractivity contribution < 1.29 is 14.7 Å². The second-order valence-corrected chi connectivity index (χ2v) is 7.28. The molecule has 0 aliphatic carbocycles. The van der Waals surface area contributed by atoms with Crippen molar-refractivity contribution in [2.75, 3.05) is 13.1 Å². The molecule has 1 amide bonds. The van der Waals surface area contributed by atoms with Crippen LogP contribution in [0.2, 0.25) is 0 Å². The lowest BCUT2D eigenvalue weighted by Gasteiger charge is -2.23. The Bertz CT molecular complexity index is 600. The minimum atomic E-state index is -0.845. The zero-order chi connectivity index (χ0) is 16.7. The number of amides is 1. The van der Waals surface area contributed by atoms with Gasteiger partial charge in [-0.3, -0.25) is 14.3 Å². The minimum Gasteiger partial charge on any atom is -0.481 e. The molecule has 1 saturated heterocycles. The molecule has 0 unspecified atom stereocenters. The summed E-state index contributed by atoms with van der Waals surface area (Å²) in [5.41, 5.74) is 0.459. The Morgan fingerprint density at radius 2 is 2.05 bits per heavy atom. The van der Waals surface area contributed by atoms with Crippen molar-refractivity contribution >= 4 is 11.9 Å². The molecule has 6 nitrogen and oxygen atoms in total. The lowest BCUT2D eigenvalue weighted by molar-refractivity contribution is -0.147. The number of nitrogens with zero attached hydrogens (tertiary/aromatic N) is 3. The molecular weight excluding hydrogens is 282 g/mol. The van der Waals surface area contributed by atoms with Crippen LogP contribution in [0.5, 0.6) is 0 Å². The number of carbonyl (C=O) groups excluding carboxylic acids is 1. The van der Waals surface area contributed by atoms with E-state index in [-0.39, 0.29) is 18.0 Å². The Kier molecular flexibility index (Phi) is 4.06. The number of hydrogen-bond acceptors (Lipinski definition) is 3. The van der Waals surface area contributed by atoms with Crippen LogP contribution in [0.4, 0.5) is 0 Å². The molecule has 22 heavy (non-hydrogen) atoms. The lowest BCUT2D eigenvalue weighted by atomic mass is 9.90. The highest BCUT2D eigenvalue weighted by molar-refractivity contribution is 5.96. The van der Waals surface area contributed by atoms with Gasteiger partial charge in [0, 0.05) is 13.1 Å². The average Bonchev–Trinajstić information content (AvgIpc) is 3.01. The summed E-state index contributed by atoms with van der Waals surface area (Å²) >= 11 is 0. The van der Waals surface area contributed by atoms with Crippen molar-refractivity contribution in [3.8, 4) is 0 Å². The van der Waals surface area contributed by atoms with Crippen molar-refractivity contribution in [3.05, 3.63) is 17.5 Å². The highest BCUT2D eigenvalue weighted by Gasteiger charge is 2.42. The molecular formula is C16H25N3O3. The van der Waals surface area contributed by atoms with Gasteiger partial charge in [0.2, 0.25) is 0 Å².